The van der Waals surface area contributed by atoms with E-state index in [2.05, 4.69) is 9.72 Å². The average Bonchev–Trinajstić information content (AvgIpc) is 2.37. The van der Waals surface area contributed by atoms with Crippen molar-refractivity contribution in [1.82, 2.24) is 4.98 Å². The van der Waals surface area contributed by atoms with E-state index in [1.807, 2.05) is 0 Å². The fourth-order valence-electron chi connectivity index (χ4n) is 1.31. The third-order valence-electron chi connectivity index (χ3n) is 2.02. The molecule has 0 aliphatic carbocycles. The second-order valence-corrected chi connectivity index (χ2v) is 3.11. The minimum atomic E-state index is -2.96. The number of pyridine rings is 1. The number of aromatic nitrogens is 1. The van der Waals surface area contributed by atoms with Crippen LogP contribution in [0, 0.1) is 11.3 Å². The molecule has 1 rings (SSSR count). The molecule has 0 fully saturated rings. The van der Waals surface area contributed by atoms with Gasteiger partial charge in [0.1, 0.15) is 6.07 Å². The molecule has 1 heterocycles. The molecular weight excluding hydrogens is 246 g/mol. The Bertz CT molecular complexity index is 498. The fraction of sp³-hybridized carbons (Fsp3) is 0.364. The number of alkyl halides is 2. The standard InChI is InChI=1S/C11H10F2N2O3/c1-3-18-11(16)7-4-6(5-14)9(17-2)8(15-7)10(12)13/h4,10H,3H2,1-2H3. The van der Waals surface area contributed by atoms with Crippen molar-refractivity contribution in [1.29, 1.82) is 5.26 Å². The Labute approximate surface area is 102 Å². The van der Waals surface area contributed by atoms with Crippen molar-refractivity contribution in [2.24, 2.45) is 0 Å². The molecule has 18 heavy (non-hydrogen) atoms. The van der Waals surface area contributed by atoms with Gasteiger partial charge >= 0.3 is 5.97 Å². The number of methoxy groups -OCH3 is 1. The average molecular weight is 256 g/mol. The zero-order chi connectivity index (χ0) is 13.7. The van der Waals surface area contributed by atoms with Gasteiger partial charge in [-0.1, -0.05) is 0 Å². The van der Waals surface area contributed by atoms with Gasteiger partial charge in [-0.05, 0) is 13.0 Å². The van der Waals surface area contributed by atoms with Crippen LogP contribution >= 0.6 is 0 Å². The predicted octanol–water partition coefficient (Wildman–Crippen LogP) is 2.08. The summed E-state index contributed by atoms with van der Waals surface area (Å²) in [7, 11) is 1.15. The largest absolute Gasteiger partial charge is 0.493 e. The van der Waals surface area contributed by atoms with E-state index < -0.39 is 18.1 Å². The Morgan fingerprint density at radius 1 is 1.61 bits per heavy atom. The highest BCUT2D eigenvalue weighted by Crippen LogP contribution is 2.30. The van der Waals surface area contributed by atoms with Gasteiger partial charge in [0.15, 0.2) is 17.1 Å². The van der Waals surface area contributed by atoms with E-state index in [9.17, 15) is 13.6 Å². The number of ether oxygens (including phenoxy) is 2. The van der Waals surface area contributed by atoms with Gasteiger partial charge < -0.3 is 9.47 Å². The van der Waals surface area contributed by atoms with Gasteiger partial charge in [0.2, 0.25) is 0 Å². The van der Waals surface area contributed by atoms with Gasteiger partial charge in [-0.15, -0.1) is 0 Å². The van der Waals surface area contributed by atoms with Crippen molar-refractivity contribution >= 4 is 5.97 Å². The highest BCUT2D eigenvalue weighted by molar-refractivity contribution is 5.88. The molecule has 0 aliphatic heterocycles. The van der Waals surface area contributed by atoms with Crippen LogP contribution in [0.5, 0.6) is 5.75 Å². The van der Waals surface area contributed by atoms with Crippen molar-refractivity contribution in [2.45, 2.75) is 13.3 Å². The summed E-state index contributed by atoms with van der Waals surface area (Å²) in [4.78, 5) is 14.9. The Morgan fingerprint density at radius 3 is 2.72 bits per heavy atom. The molecule has 0 unspecified atom stereocenters. The number of hydrogen-bond acceptors (Lipinski definition) is 5. The molecule has 1 aromatic heterocycles. The first-order valence-electron chi connectivity index (χ1n) is 4.99. The number of carbonyl (C=O) groups is 1. The monoisotopic (exact) mass is 256 g/mol. The summed E-state index contributed by atoms with van der Waals surface area (Å²) < 4.78 is 34.9. The molecule has 0 atom stereocenters. The maximum Gasteiger partial charge on any atom is 0.356 e. The van der Waals surface area contributed by atoms with Gasteiger partial charge in [-0.3, -0.25) is 0 Å². The first-order valence-corrected chi connectivity index (χ1v) is 4.99. The Balaban J connectivity index is 3.37. The van der Waals surface area contributed by atoms with Crippen LogP contribution in [0.4, 0.5) is 8.78 Å². The maximum absolute atomic E-state index is 12.8. The molecule has 0 spiro atoms. The first-order chi connectivity index (χ1) is 8.54. The van der Waals surface area contributed by atoms with E-state index in [1.54, 1.807) is 13.0 Å². The number of hydrogen-bond donors (Lipinski definition) is 0. The first kappa shape index (κ1) is 13.8. The molecule has 5 nitrogen and oxygen atoms in total. The molecule has 0 saturated carbocycles. The summed E-state index contributed by atoms with van der Waals surface area (Å²) in [5, 5.41) is 8.84. The molecule has 0 bridgehead atoms. The van der Waals surface area contributed by atoms with E-state index in [4.69, 9.17) is 10.00 Å². The third-order valence-corrected chi connectivity index (χ3v) is 2.02. The van der Waals surface area contributed by atoms with Crippen LogP contribution in [-0.4, -0.2) is 24.7 Å². The van der Waals surface area contributed by atoms with E-state index in [-0.39, 0.29) is 23.6 Å². The number of rotatable bonds is 4. The van der Waals surface area contributed by atoms with Crippen molar-refractivity contribution in [3.63, 3.8) is 0 Å². The second-order valence-electron chi connectivity index (χ2n) is 3.11. The van der Waals surface area contributed by atoms with Crippen LogP contribution in [-0.2, 0) is 4.74 Å². The summed E-state index contributed by atoms with van der Waals surface area (Å²) in [5.41, 5.74) is -1.28. The summed E-state index contributed by atoms with van der Waals surface area (Å²) in [6.45, 7) is 1.65. The van der Waals surface area contributed by atoms with Crippen molar-refractivity contribution in [3.8, 4) is 11.8 Å². The molecule has 7 heteroatoms. The maximum atomic E-state index is 12.8. The Morgan fingerprint density at radius 2 is 2.28 bits per heavy atom. The smallest absolute Gasteiger partial charge is 0.356 e. The minimum Gasteiger partial charge on any atom is -0.493 e. The molecular formula is C11H10F2N2O3. The van der Waals surface area contributed by atoms with Gasteiger partial charge in [-0.25, -0.2) is 18.6 Å². The topological polar surface area (TPSA) is 72.2 Å². The third kappa shape index (κ3) is 2.71. The fourth-order valence-corrected chi connectivity index (χ4v) is 1.31. The van der Waals surface area contributed by atoms with E-state index in [0.717, 1.165) is 13.2 Å². The molecule has 96 valence electrons. The van der Waals surface area contributed by atoms with Gasteiger partial charge in [0, 0.05) is 0 Å². The molecule has 0 radical (unpaired) electrons. The Kier molecular flexibility index (Phi) is 4.54. The highest BCUT2D eigenvalue weighted by Gasteiger charge is 2.23. The van der Waals surface area contributed by atoms with E-state index in [1.165, 1.54) is 0 Å². The molecule has 0 N–H and O–H groups in total. The Hall–Kier alpha value is -2.23. The van der Waals surface area contributed by atoms with Crippen LogP contribution in [0.15, 0.2) is 6.07 Å². The van der Waals surface area contributed by atoms with Crippen LogP contribution in [0.25, 0.3) is 0 Å². The second kappa shape index (κ2) is 5.91. The number of nitriles is 1. The lowest BCUT2D eigenvalue weighted by atomic mass is 10.1. The zero-order valence-corrected chi connectivity index (χ0v) is 9.74. The summed E-state index contributed by atoms with van der Waals surface area (Å²) in [6, 6.07) is 2.73. The number of esters is 1. The zero-order valence-electron chi connectivity index (χ0n) is 9.74. The lowest BCUT2D eigenvalue weighted by Crippen LogP contribution is -2.11. The van der Waals surface area contributed by atoms with Gasteiger partial charge in [0.05, 0.1) is 19.3 Å². The van der Waals surface area contributed by atoms with Crippen LogP contribution in [0.1, 0.15) is 35.1 Å². The summed E-state index contributed by atoms with van der Waals surface area (Å²) in [5.74, 6) is -1.20. The molecule has 1 aromatic rings. The quantitative estimate of drug-likeness (QED) is 0.771. The number of halogens is 2. The number of nitrogens with zero attached hydrogens (tertiary/aromatic N) is 2. The van der Waals surface area contributed by atoms with Crippen LogP contribution < -0.4 is 4.74 Å². The van der Waals surface area contributed by atoms with Crippen molar-refractivity contribution in [3.05, 3.63) is 23.0 Å². The lowest BCUT2D eigenvalue weighted by Gasteiger charge is -2.10. The molecule has 0 saturated heterocycles. The van der Waals surface area contributed by atoms with E-state index >= 15 is 0 Å². The molecule has 0 aromatic carbocycles. The van der Waals surface area contributed by atoms with Crippen molar-refractivity contribution < 1.29 is 23.0 Å². The normalized spacial score (nSPS) is 10.0. The van der Waals surface area contributed by atoms with E-state index in [0.29, 0.717) is 0 Å². The predicted molar refractivity (Wildman–Crippen MR) is 56.4 cm³/mol. The molecule has 0 aliphatic rings. The van der Waals surface area contributed by atoms with Crippen molar-refractivity contribution in [2.75, 3.05) is 13.7 Å². The van der Waals surface area contributed by atoms with Gasteiger partial charge in [0.25, 0.3) is 6.43 Å². The summed E-state index contributed by atoms with van der Waals surface area (Å²) in [6.07, 6.45) is -2.96. The lowest BCUT2D eigenvalue weighted by molar-refractivity contribution is 0.0517. The number of carbonyl (C=O) groups excluding carboxylic acids is 1. The highest BCUT2D eigenvalue weighted by atomic mass is 19.3. The minimum absolute atomic E-state index is 0.0818. The molecule has 0 amide bonds. The van der Waals surface area contributed by atoms with Crippen LogP contribution in [0.2, 0.25) is 0 Å². The summed E-state index contributed by atoms with van der Waals surface area (Å²) >= 11 is 0. The van der Waals surface area contributed by atoms with Crippen LogP contribution in [0.3, 0.4) is 0 Å². The van der Waals surface area contributed by atoms with Gasteiger partial charge in [-0.2, -0.15) is 5.26 Å². The SMILES string of the molecule is CCOC(=O)c1cc(C#N)c(OC)c(C(F)F)n1.